The molecule has 2 aromatic rings. The van der Waals surface area contributed by atoms with E-state index in [9.17, 15) is 9.59 Å². The fourth-order valence-electron chi connectivity index (χ4n) is 2.23. The van der Waals surface area contributed by atoms with Crippen LogP contribution < -0.4 is 5.32 Å². The summed E-state index contributed by atoms with van der Waals surface area (Å²) >= 11 is 1.52. The molecule has 0 radical (unpaired) electrons. The van der Waals surface area contributed by atoms with Crippen LogP contribution in [-0.2, 0) is 16.1 Å². The van der Waals surface area contributed by atoms with Gasteiger partial charge >= 0.3 is 12.1 Å². The molecular formula is C19H21NO4S. The summed E-state index contributed by atoms with van der Waals surface area (Å²) in [5.41, 5.74) is 0.874. The van der Waals surface area contributed by atoms with Crippen molar-refractivity contribution in [2.45, 2.75) is 36.1 Å². The van der Waals surface area contributed by atoms with Crippen molar-refractivity contribution in [3.8, 4) is 0 Å². The number of benzene rings is 2. The number of hydrogen-bond acceptors (Lipinski definition) is 4. The second-order valence-electron chi connectivity index (χ2n) is 5.55. The van der Waals surface area contributed by atoms with E-state index in [-0.39, 0.29) is 18.3 Å². The van der Waals surface area contributed by atoms with Crippen molar-refractivity contribution in [2.75, 3.05) is 0 Å². The monoisotopic (exact) mass is 359 g/mol. The van der Waals surface area contributed by atoms with E-state index in [1.54, 1.807) is 0 Å². The number of amides is 1. The lowest BCUT2D eigenvalue weighted by Crippen LogP contribution is -2.42. The Morgan fingerprint density at radius 3 is 2.28 bits per heavy atom. The van der Waals surface area contributed by atoms with Gasteiger partial charge in [-0.25, -0.2) is 4.79 Å². The first-order valence-electron chi connectivity index (χ1n) is 7.95. The quantitative estimate of drug-likeness (QED) is 0.698. The smallest absolute Gasteiger partial charge is 0.407 e. The third-order valence-electron chi connectivity index (χ3n) is 3.54. The van der Waals surface area contributed by atoms with Crippen LogP contribution in [0.25, 0.3) is 0 Å². The number of hydrogen-bond donors (Lipinski definition) is 2. The molecule has 0 aliphatic heterocycles. The highest BCUT2D eigenvalue weighted by molar-refractivity contribution is 8.00. The van der Waals surface area contributed by atoms with Gasteiger partial charge in [0.1, 0.15) is 6.61 Å². The molecule has 0 aliphatic carbocycles. The van der Waals surface area contributed by atoms with Crippen molar-refractivity contribution in [3.05, 3.63) is 66.2 Å². The number of carboxylic acids is 1. The van der Waals surface area contributed by atoms with Crippen LogP contribution in [0.15, 0.2) is 65.6 Å². The molecule has 2 rings (SSSR count). The predicted molar refractivity (Wildman–Crippen MR) is 97.6 cm³/mol. The van der Waals surface area contributed by atoms with E-state index in [0.29, 0.717) is 0 Å². The summed E-state index contributed by atoms with van der Waals surface area (Å²) in [6.45, 7) is 2.04. The molecule has 1 unspecified atom stereocenters. The zero-order valence-corrected chi connectivity index (χ0v) is 14.7. The minimum Gasteiger partial charge on any atom is -0.481 e. The second-order valence-corrected chi connectivity index (χ2v) is 7.00. The van der Waals surface area contributed by atoms with Gasteiger partial charge < -0.3 is 15.2 Å². The molecule has 5 nitrogen and oxygen atoms in total. The fourth-order valence-corrected chi connectivity index (χ4v) is 3.31. The Kier molecular flexibility index (Phi) is 7.35. The first kappa shape index (κ1) is 18.9. The molecule has 1 amide bonds. The molecule has 6 heteroatoms. The molecule has 0 spiro atoms. The average molecular weight is 359 g/mol. The van der Waals surface area contributed by atoms with Crippen LogP contribution in [0.1, 0.15) is 18.9 Å². The summed E-state index contributed by atoms with van der Waals surface area (Å²) in [5, 5.41) is 11.7. The number of carbonyl (C=O) groups excluding carboxylic acids is 1. The van der Waals surface area contributed by atoms with Crippen LogP contribution in [0.5, 0.6) is 0 Å². The highest BCUT2D eigenvalue weighted by Gasteiger charge is 2.24. The van der Waals surface area contributed by atoms with E-state index >= 15 is 0 Å². The second kappa shape index (κ2) is 9.74. The maximum atomic E-state index is 12.0. The Labute approximate surface area is 151 Å². The molecule has 2 aromatic carbocycles. The number of carbonyl (C=O) groups is 2. The molecule has 0 fully saturated rings. The van der Waals surface area contributed by atoms with E-state index in [1.165, 1.54) is 11.8 Å². The van der Waals surface area contributed by atoms with Crippen LogP contribution in [0, 0.1) is 0 Å². The zero-order valence-electron chi connectivity index (χ0n) is 13.9. The van der Waals surface area contributed by atoms with E-state index in [4.69, 9.17) is 9.84 Å². The van der Waals surface area contributed by atoms with Crippen LogP contribution >= 0.6 is 11.8 Å². The molecule has 25 heavy (non-hydrogen) atoms. The molecule has 132 valence electrons. The molecule has 2 N–H and O–H groups in total. The van der Waals surface area contributed by atoms with Gasteiger partial charge in [-0.2, -0.15) is 0 Å². The molecular weight excluding hydrogens is 338 g/mol. The highest BCUT2D eigenvalue weighted by atomic mass is 32.2. The standard InChI is InChI=1S/C19H21NO4S/c1-14(25-16-10-6-3-7-11-16)17(12-18(21)22)20-19(23)24-13-15-8-4-2-5-9-15/h2-11,14,17H,12-13H2,1H3,(H,20,23)(H,21,22)/t14?,17-/m1/s1. The normalized spacial score (nSPS) is 12.8. The average Bonchev–Trinajstić information content (AvgIpc) is 2.61. The van der Waals surface area contributed by atoms with Crippen molar-refractivity contribution in [2.24, 2.45) is 0 Å². The lowest BCUT2D eigenvalue weighted by Gasteiger charge is -2.23. The molecule has 0 aliphatic rings. The van der Waals surface area contributed by atoms with Gasteiger partial charge in [0.15, 0.2) is 0 Å². The third-order valence-corrected chi connectivity index (χ3v) is 4.79. The van der Waals surface area contributed by atoms with E-state index in [2.05, 4.69) is 5.32 Å². The summed E-state index contributed by atoms with van der Waals surface area (Å²) < 4.78 is 5.19. The minimum atomic E-state index is -0.964. The number of alkyl carbamates (subject to hydrolysis) is 1. The summed E-state index contributed by atoms with van der Waals surface area (Å²) in [7, 11) is 0. The third kappa shape index (κ3) is 6.89. The maximum Gasteiger partial charge on any atom is 0.407 e. The zero-order chi connectivity index (χ0) is 18.1. The maximum absolute atomic E-state index is 12.0. The van der Waals surface area contributed by atoms with Crippen molar-refractivity contribution < 1.29 is 19.4 Å². The van der Waals surface area contributed by atoms with Crippen molar-refractivity contribution in [1.82, 2.24) is 5.32 Å². The molecule has 2 atom stereocenters. The van der Waals surface area contributed by atoms with Gasteiger partial charge in [-0.05, 0) is 17.7 Å². The Bertz CT molecular complexity index is 678. The van der Waals surface area contributed by atoms with Crippen molar-refractivity contribution in [3.63, 3.8) is 0 Å². The molecule has 0 aromatic heterocycles. The largest absolute Gasteiger partial charge is 0.481 e. The number of nitrogens with one attached hydrogen (secondary N) is 1. The fraction of sp³-hybridized carbons (Fsp3) is 0.263. The van der Waals surface area contributed by atoms with Gasteiger partial charge in [-0.15, -0.1) is 11.8 Å². The Morgan fingerprint density at radius 2 is 1.68 bits per heavy atom. The first-order chi connectivity index (χ1) is 12.0. The number of aliphatic carboxylic acids is 1. The van der Waals surface area contributed by atoms with Crippen LogP contribution in [0.2, 0.25) is 0 Å². The van der Waals surface area contributed by atoms with Gasteiger partial charge in [0, 0.05) is 10.1 Å². The van der Waals surface area contributed by atoms with Crippen LogP contribution in [0.4, 0.5) is 4.79 Å². The molecule has 0 heterocycles. The van der Waals surface area contributed by atoms with Gasteiger partial charge in [-0.1, -0.05) is 55.5 Å². The minimum absolute atomic E-state index is 0.122. The Morgan fingerprint density at radius 1 is 1.08 bits per heavy atom. The summed E-state index contributed by atoms with van der Waals surface area (Å²) in [4.78, 5) is 24.2. The van der Waals surface area contributed by atoms with Gasteiger partial charge in [0.2, 0.25) is 0 Å². The summed E-state index contributed by atoms with van der Waals surface area (Å²) in [6, 6.07) is 18.4. The highest BCUT2D eigenvalue weighted by Crippen LogP contribution is 2.26. The van der Waals surface area contributed by atoms with Crippen molar-refractivity contribution in [1.29, 1.82) is 0 Å². The Hall–Kier alpha value is -2.47. The number of carboxylic acid groups (broad SMARTS) is 1. The topological polar surface area (TPSA) is 75.6 Å². The Balaban J connectivity index is 1.91. The van der Waals surface area contributed by atoms with Crippen LogP contribution in [0.3, 0.4) is 0 Å². The van der Waals surface area contributed by atoms with Gasteiger partial charge in [-0.3, -0.25) is 4.79 Å². The molecule has 0 bridgehead atoms. The van der Waals surface area contributed by atoms with Gasteiger partial charge in [0.25, 0.3) is 0 Å². The molecule has 0 saturated heterocycles. The number of ether oxygens (including phenoxy) is 1. The lowest BCUT2D eigenvalue weighted by molar-refractivity contribution is -0.137. The van der Waals surface area contributed by atoms with Crippen LogP contribution in [-0.4, -0.2) is 28.5 Å². The predicted octanol–water partition coefficient (Wildman–Crippen LogP) is 3.94. The summed E-state index contributed by atoms with van der Waals surface area (Å²) in [5.74, 6) is -0.964. The first-order valence-corrected chi connectivity index (χ1v) is 8.83. The SMILES string of the molecule is CC(Sc1ccccc1)[C@@H](CC(=O)O)NC(=O)OCc1ccccc1. The van der Waals surface area contributed by atoms with Gasteiger partial charge in [0.05, 0.1) is 12.5 Å². The number of thioether (sulfide) groups is 1. The van der Waals surface area contributed by atoms with E-state index in [0.717, 1.165) is 10.5 Å². The van der Waals surface area contributed by atoms with E-state index in [1.807, 2.05) is 67.6 Å². The number of rotatable bonds is 8. The van der Waals surface area contributed by atoms with Crippen molar-refractivity contribution >= 4 is 23.8 Å². The van der Waals surface area contributed by atoms with E-state index < -0.39 is 18.1 Å². The summed E-state index contributed by atoms with van der Waals surface area (Å²) in [6.07, 6.45) is -0.780. The molecule has 0 saturated carbocycles. The lowest BCUT2D eigenvalue weighted by atomic mass is 10.1.